The lowest BCUT2D eigenvalue weighted by molar-refractivity contribution is -0.140. The van der Waals surface area contributed by atoms with Gasteiger partial charge in [0, 0.05) is 46.8 Å². The third-order valence-corrected chi connectivity index (χ3v) is 6.24. The fraction of sp³-hybridized carbons (Fsp3) is 0.133. The third kappa shape index (κ3) is 7.06. The number of aliphatic carboxylic acids is 1. The largest absolute Gasteiger partial charge is 0.488 e. The Kier molecular flexibility index (Phi) is 9.38. The van der Waals surface area contributed by atoms with Crippen LogP contribution in [0.3, 0.4) is 0 Å². The quantitative estimate of drug-likeness (QED) is 0.244. The lowest BCUT2D eigenvalue weighted by atomic mass is 9.99. The number of ether oxygens (including phenoxy) is 1. The van der Waals surface area contributed by atoms with E-state index >= 15 is 0 Å². The minimum Gasteiger partial charge on any atom is -0.488 e. The fourth-order valence-corrected chi connectivity index (χ4v) is 4.12. The summed E-state index contributed by atoms with van der Waals surface area (Å²) in [5.74, 6) is -0.691. The zero-order chi connectivity index (χ0) is 27.6. The first-order valence-corrected chi connectivity index (χ1v) is 12.4. The second kappa shape index (κ2) is 13.3. The summed E-state index contributed by atoms with van der Waals surface area (Å²) in [4.78, 5) is 19.8. The average molecular weight is 541 g/mol. The zero-order valence-electron chi connectivity index (χ0n) is 20.8. The second-order valence-corrected chi connectivity index (χ2v) is 8.92. The van der Waals surface area contributed by atoms with Gasteiger partial charge in [0.15, 0.2) is 0 Å². The molecule has 1 atom stereocenters. The second-order valence-electron chi connectivity index (χ2n) is 8.52. The smallest absolute Gasteiger partial charge is 0.323 e. The molecule has 2 heterocycles. The predicted octanol–water partition coefficient (Wildman–Crippen LogP) is 4.95. The van der Waals surface area contributed by atoms with Crippen LogP contribution < -0.4 is 10.1 Å². The molecule has 0 amide bonds. The number of nitriles is 1. The summed E-state index contributed by atoms with van der Waals surface area (Å²) in [5.41, 5.74) is 4.70. The molecular formula is C30H25ClN4O4. The number of carboxylic acids is 1. The van der Waals surface area contributed by atoms with Crippen molar-refractivity contribution in [3.63, 3.8) is 0 Å². The summed E-state index contributed by atoms with van der Waals surface area (Å²) in [5, 5.41) is 31.7. The number of nitrogens with one attached hydrogen (secondary N) is 1. The molecule has 0 spiro atoms. The molecule has 0 bridgehead atoms. The number of pyridine rings is 2. The molecule has 4 aromatic rings. The van der Waals surface area contributed by atoms with Crippen LogP contribution in [0.2, 0.25) is 5.02 Å². The number of nitrogens with zero attached hydrogens (tertiary/aromatic N) is 3. The van der Waals surface area contributed by atoms with E-state index in [1.165, 1.54) is 0 Å². The lowest BCUT2D eigenvalue weighted by Gasteiger charge is -2.17. The SMILES string of the molecule is N#Cc1c(-c2ccccc2)ccnc1/C=C/c1cc(OCc2cccnc2)c(CN[C@@H](CO)C(=O)O)cc1Cl. The summed E-state index contributed by atoms with van der Waals surface area (Å²) in [7, 11) is 0. The maximum absolute atomic E-state index is 11.3. The number of aliphatic hydroxyl groups is 1. The molecular weight excluding hydrogens is 516 g/mol. The molecule has 0 saturated carbocycles. The molecule has 0 fully saturated rings. The Morgan fingerprint density at radius 2 is 1.95 bits per heavy atom. The maximum atomic E-state index is 11.3. The van der Waals surface area contributed by atoms with Crippen LogP contribution in [-0.4, -0.2) is 38.8 Å². The molecule has 2 aromatic heterocycles. The molecule has 2 aromatic carbocycles. The van der Waals surface area contributed by atoms with Crippen molar-refractivity contribution >= 4 is 29.7 Å². The highest BCUT2D eigenvalue weighted by molar-refractivity contribution is 6.32. The van der Waals surface area contributed by atoms with Gasteiger partial charge in [0.2, 0.25) is 0 Å². The fourth-order valence-electron chi connectivity index (χ4n) is 3.87. The molecule has 196 valence electrons. The minimum atomic E-state index is -1.17. The van der Waals surface area contributed by atoms with E-state index < -0.39 is 18.6 Å². The molecule has 8 nitrogen and oxygen atoms in total. The van der Waals surface area contributed by atoms with Gasteiger partial charge in [0.1, 0.15) is 24.5 Å². The van der Waals surface area contributed by atoms with Gasteiger partial charge in [-0.25, -0.2) is 0 Å². The highest BCUT2D eigenvalue weighted by Crippen LogP contribution is 2.31. The lowest BCUT2D eigenvalue weighted by Crippen LogP contribution is -2.39. The van der Waals surface area contributed by atoms with Gasteiger partial charge in [-0.3, -0.25) is 20.1 Å². The number of benzene rings is 2. The zero-order valence-corrected chi connectivity index (χ0v) is 21.5. The van der Waals surface area contributed by atoms with E-state index in [2.05, 4.69) is 21.4 Å². The van der Waals surface area contributed by atoms with Crippen molar-refractivity contribution in [3.8, 4) is 22.9 Å². The topological polar surface area (TPSA) is 128 Å². The number of carbonyl (C=O) groups is 1. The molecule has 0 aliphatic heterocycles. The van der Waals surface area contributed by atoms with Gasteiger partial charge >= 0.3 is 5.97 Å². The van der Waals surface area contributed by atoms with Gasteiger partial charge < -0.3 is 14.9 Å². The molecule has 0 aliphatic carbocycles. The number of aliphatic hydroxyl groups excluding tert-OH is 1. The standard InChI is InChI=1S/C30H25ClN4O4/c31-26-13-23(17-35-28(18-36)30(37)38)29(39-19-20-5-4-11-33-16-20)14-22(26)8-9-27-25(15-32)24(10-12-34-27)21-6-2-1-3-7-21/h1-14,16,28,35-36H,17-19H2,(H,37,38)/b9-8+/t28-/m0/s1. The van der Waals surface area contributed by atoms with Gasteiger partial charge in [0.05, 0.1) is 17.9 Å². The maximum Gasteiger partial charge on any atom is 0.323 e. The van der Waals surface area contributed by atoms with Crippen LogP contribution in [-0.2, 0) is 17.9 Å². The van der Waals surface area contributed by atoms with E-state index in [0.717, 1.165) is 16.7 Å². The van der Waals surface area contributed by atoms with Gasteiger partial charge in [-0.2, -0.15) is 5.26 Å². The number of aromatic nitrogens is 2. The van der Waals surface area contributed by atoms with E-state index in [9.17, 15) is 20.3 Å². The normalized spacial score (nSPS) is 11.7. The van der Waals surface area contributed by atoms with E-state index in [-0.39, 0.29) is 13.2 Å². The first-order valence-electron chi connectivity index (χ1n) is 12.0. The number of hydrogen-bond acceptors (Lipinski definition) is 7. The van der Waals surface area contributed by atoms with Crippen LogP contribution in [0.15, 0.2) is 79.3 Å². The van der Waals surface area contributed by atoms with E-state index in [4.69, 9.17) is 16.3 Å². The van der Waals surface area contributed by atoms with Gasteiger partial charge in [-0.15, -0.1) is 0 Å². The van der Waals surface area contributed by atoms with Gasteiger partial charge in [-0.1, -0.05) is 54.1 Å². The van der Waals surface area contributed by atoms with Crippen LogP contribution in [0, 0.1) is 11.3 Å². The monoisotopic (exact) mass is 540 g/mol. The molecule has 0 unspecified atom stereocenters. The van der Waals surface area contributed by atoms with Crippen molar-refractivity contribution in [3.05, 3.63) is 112 Å². The Labute approximate surface area is 230 Å². The van der Waals surface area contributed by atoms with E-state index in [1.54, 1.807) is 55.0 Å². The summed E-state index contributed by atoms with van der Waals surface area (Å²) < 4.78 is 6.07. The van der Waals surface area contributed by atoms with Crippen molar-refractivity contribution in [1.82, 2.24) is 15.3 Å². The summed E-state index contributed by atoms with van der Waals surface area (Å²) >= 11 is 6.60. The average Bonchev–Trinajstić information content (AvgIpc) is 2.97. The molecule has 39 heavy (non-hydrogen) atoms. The van der Waals surface area contributed by atoms with Crippen molar-refractivity contribution in [1.29, 1.82) is 5.26 Å². The molecule has 4 rings (SSSR count). The summed E-state index contributed by atoms with van der Waals surface area (Å²) in [6.07, 6.45) is 8.49. The highest BCUT2D eigenvalue weighted by Gasteiger charge is 2.17. The van der Waals surface area contributed by atoms with Crippen LogP contribution in [0.5, 0.6) is 5.75 Å². The first kappa shape index (κ1) is 27.5. The summed E-state index contributed by atoms with van der Waals surface area (Å²) in [6.45, 7) is -0.234. The molecule has 0 aliphatic rings. The van der Waals surface area contributed by atoms with E-state index in [1.807, 2.05) is 36.4 Å². The van der Waals surface area contributed by atoms with Crippen LogP contribution >= 0.6 is 11.6 Å². The van der Waals surface area contributed by atoms with Crippen molar-refractivity contribution in [2.24, 2.45) is 0 Å². The molecule has 9 heteroatoms. The number of halogens is 1. The van der Waals surface area contributed by atoms with Crippen molar-refractivity contribution < 1.29 is 19.7 Å². The highest BCUT2D eigenvalue weighted by atomic mass is 35.5. The van der Waals surface area contributed by atoms with E-state index in [0.29, 0.717) is 33.2 Å². The Morgan fingerprint density at radius 3 is 2.64 bits per heavy atom. The minimum absolute atomic E-state index is 0.100. The first-order chi connectivity index (χ1) is 19.0. The Balaban J connectivity index is 1.66. The third-order valence-electron chi connectivity index (χ3n) is 5.91. The Bertz CT molecular complexity index is 1510. The molecule has 0 radical (unpaired) electrons. The summed E-state index contributed by atoms with van der Waals surface area (Å²) in [6, 6.07) is 19.6. The number of rotatable bonds is 11. The van der Waals surface area contributed by atoms with Crippen molar-refractivity contribution in [2.45, 2.75) is 19.2 Å². The van der Waals surface area contributed by atoms with Crippen LogP contribution in [0.25, 0.3) is 23.3 Å². The Morgan fingerprint density at radius 1 is 1.13 bits per heavy atom. The Hall–Kier alpha value is -4.55. The van der Waals surface area contributed by atoms with Crippen LogP contribution in [0.4, 0.5) is 0 Å². The number of hydrogen-bond donors (Lipinski definition) is 3. The van der Waals surface area contributed by atoms with Crippen LogP contribution in [0.1, 0.15) is 27.9 Å². The number of carboxylic acid groups (broad SMARTS) is 1. The van der Waals surface area contributed by atoms with Gasteiger partial charge in [0.25, 0.3) is 0 Å². The predicted molar refractivity (Wildman–Crippen MR) is 149 cm³/mol. The van der Waals surface area contributed by atoms with Gasteiger partial charge in [-0.05, 0) is 41.5 Å². The molecule has 0 saturated heterocycles. The van der Waals surface area contributed by atoms with Crippen molar-refractivity contribution in [2.75, 3.05) is 6.61 Å². The molecule has 3 N–H and O–H groups in total.